The Bertz CT molecular complexity index is 1000. The van der Waals surface area contributed by atoms with E-state index in [1.54, 1.807) is 0 Å². The first-order chi connectivity index (χ1) is 14.5. The SMILES string of the molecule is O=C(NCC1CCC(c2ccccc2)CC1)c1c[nH]cc1-c1cc(O)c(F)c(F)c1. The number of carbonyl (C=O) groups is 1. The third-order valence-corrected chi connectivity index (χ3v) is 5.98. The van der Waals surface area contributed by atoms with Crippen LogP contribution in [-0.4, -0.2) is 22.5 Å². The van der Waals surface area contributed by atoms with Gasteiger partial charge in [-0.05, 0) is 60.8 Å². The molecule has 0 radical (unpaired) electrons. The quantitative estimate of drug-likeness (QED) is 0.529. The molecule has 1 aromatic heterocycles. The van der Waals surface area contributed by atoms with E-state index in [2.05, 4.69) is 34.6 Å². The fourth-order valence-electron chi connectivity index (χ4n) is 4.28. The van der Waals surface area contributed by atoms with E-state index in [1.165, 1.54) is 18.0 Å². The van der Waals surface area contributed by atoms with Gasteiger partial charge in [-0.3, -0.25) is 4.79 Å². The highest BCUT2D eigenvalue weighted by atomic mass is 19.2. The maximum absolute atomic E-state index is 13.7. The predicted molar refractivity (Wildman–Crippen MR) is 111 cm³/mol. The summed E-state index contributed by atoms with van der Waals surface area (Å²) >= 11 is 0. The van der Waals surface area contributed by atoms with Crippen LogP contribution < -0.4 is 5.32 Å². The molecule has 6 heteroatoms. The van der Waals surface area contributed by atoms with Crippen molar-refractivity contribution in [3.8, 4) is 16.9 Å². The zero-order valence-corrected chi connectivity index (χ0v) is 16.5. The minimum Gasteiger partial charge on any atom is -0.505 e. The highest BCUT2D eigenvalue weighted by molar-refractivity contribution is 6.00. The van der Waals surface area contributed by atoms with Crippen molar-refractivity contribution < 1.29 is 18.7 Å². The molecule has 30 heavy (non-hydrogen) atoms. The first-order valence-electron chi connectivity index (χ1n) is 10.2. The Morgan fingerprint density at radius 1 is 1.07 bits per heavy atom. The zero-order chi connectivity index (χ0) is 21.1. The number of amides is 1. The molecule has 0 spiro atoms. The summed E-state index contributed by atoms with van der Waals surface area (Å²) in [7, 11) is 0. The monoisotopic (exact) mass is 410 g/mol. The topological polar surface area (TPSA) is 65.1 Å². The van der Waals surface area contributed by atoms with Crippen LogP contribution in [0.1, 0.15) is 47.5 Å². The number of rotatable bonds is 5. The first-order valence-corrected chi connectivity index (χ1v) is 10.2. The molecule has 0 atom stereocenters. The van der Waals surface area contributed by atoms with E-state index < -0.39 is 17.4 Å². The number of H-pyrrole nitrogens is 1. The third-order valence-electron chi connectivity index (χ3n) is 5.98. The molecule has 3 aromatic rings. The maximum Gasteiger partial charge on any atom is 0.253 e. The standard InChI is InChI=1S/C24H24F2N2O2/c25-21-10-18(11-22(29)23(21)26)19-13-27-14-20(19)24(30)28-12-15-6-8-17(9-7-15)16-4-2-1-3-5-16/h1-5,10-11,13-15,17,27,29H,6-9,12H2,(H,28,30). The highest BCUT2D eigenvalue weighted by Gasteiger charge is 2.23. The highest BCUT2D eigenvalue weighted by Crippen LogP contribution is 2.35. The van der Waals surface area contributed by atoms with Crippen molar-refractivity contribution in [2.45, 2.75) is 31.6 Å². The zero-order valence-electron chi connectivity index (χ0n) is 16.5. The largest absolute Gasteiger partial charge is 0.505 e. The number of halogens is 2. The van der Waals surface area contributed by atoms with Gasteiger partial charge in [-0.15, -0.1) is 0 Å². The van der Waals surface area contributed by atoms with Crippen molar-refractivity contribution in [3.63, 3.8) is 0 Å². The van der Waals surface area contributed by atoms with Crippen LogP contribution in [-0.2, 0) is 0 Å². The van der Waals surface area contributed by atoms with Gasteiger partial charge in [0.25, 0.3) is 5.91 Å². The second kappa shape index (κ2) is 8.69. The van der Waals surface area contributed by atoms with Crippen molar-refractivity contribution >= 4 is 5.91 Å². The van der Waals surface area contributed by atoms with Crippen LogP contribution in [0.15, 0.2) is 54.9 Å². The molecular formula is C24H24F2N2O2. The Balaban J connectivity index is 1.37. The minimum absolute atomic E-state index is 0.237. The molecule has 1 aliphatic rings. The molecule has 4 nitrogen and oxygen atoms in total. The van der Waals surface area contributed by atoms with E-state index >= 15 is 0 Å². The summed E-state index contributed by atoms with van der Waals surface area (Å²) < 4.78 is 27.0. The van der Waals surface area contributed by atoms with Gasteiger partial charge in [0.05, 0.1) is 5.56 Å². The molecule has 2 aromatic carbocycles. The smallest absolute Gasteiger partial charge is 0.253 e. The Kier molecular flexibility index (Phi) is 5.84. The Morgan fingerprint density at radius 2 is 1.80 bits per heavy atom. The molecule has 0 bridgehead atoms. The van der Waals surface area contributed by atoms with Crippen LogP contribution in [0.5, 0.6) is 5.75 Å². The third kappa shape index (κ3) is 4.22. The summed E-state index contributed by atoms with van der Waals surface area (Å²) in [4.78, 5) is 15.5. The Hall–Kier alpha value is -3.15. The van der Waals surface area contributed by atoms with Crippen molar-refractivity contribution in [1.82, 2.24) is 10.3 Å². The summed E-state index contributed by atoms with van der Waals surface area (Å²) in [5.41, 5.74) is 2.36. The first kappa shape index (κ1) is 20.1. The molecule has 4 rings (SSSR count). The van der Waals surface area contributed by atoms with Crippen molar-refractivity contribution in [2.24, 2.45) is 5.92 Å². The van der Waals surface area contributed by atoms with Crippen LogP contribution in [0.3, 0.4) is 0 Å². The number of carbonyl (C=O) groups excluding carboxylic acids is 1. The predicted octanol–water partition coefficient (Wildman–Crippen LogP) is 5.37. The fraction of sp³-hybridized carbons (Fsp3) is 0.292. The van der Waals surface area contributed by atoms with Crippen LogP contribution >= 0.6 is 0 Å². The molecule has 1 fully saturated rings. The van der Waals surface area contributed by atoms with E-state index in [4.69, 9.17) is 0 Å². The summed E-state index contributed by atoms with van der Waals surface area (Å²) in [6.07, 6.45) is 7.37. The lowest BCUT2D eigenvalue weighted by molar-refractivity contribution is 0.0943. The van der Waals surface area contributed by atoms with Crippen LogP contribution in [0.25, 0.3) is 11.1 Å². The number of phenols is 1. The maximum atomic E-state index is 13.7. The molecule has 1 saturated carbocycles. The molecule has 1 amide bonds. The number of aromatic hydroxyl groups is 1. The summed E-state index contributed by atoms with van der Waals surface area (Å²) in [5, 5.41) is 12.5. The van der Waals surface area contributed by atoms with Gasteiger partial charge in [0.1, 0.15) is 0 Å². The van der Waals surface area contributed by atoms with Gasteiger partial charge >= 0.3 is 0 Å². The molecular weight excluding hydrogens is 386 g/mol. The lowest BCUT2D eigenvalue weighted by Crippen LogP contribution is -2.31. The molecule has 1 heterocycles. The number of hydrogen-bond acceptors (Lipinski definition) is 2. The average molecular weight is 410 g/mol. The molecule has 156 valence electrons. The van der Waals surface area contributed by atoms with Crippen LogP contribution in [0.2, 0.25) is 0 Å². The second-order valence-corrected chi connectivity index (χ2v) is 7.91. The number of aromatic amines is 1. The lowest BCUT2D eigenvalue weighted by Gasteiger charge is -2.29. The van der Waals surface area contributed by atoms with E-state index in [9.17, 15) is 18.7 Å². The van der Waals surface area contributed by atoms with Crippen molar-refractivity contribution in [2.75, 3.05) is 6.54 Å². The van der Waals surface area contributed by atoms with E-state index in [0.717, 1.165) is 37.8 Å². The molecule has 1 aliphatic carbocycles. The number of aromatic nitrogens is 1. The second-order valence-electron chi connectivity index (χ2n) is 7.91. The van der Waals surface area contributed by atoms with Gasteiger partial charge in [-0.1, -0.05) is 30.3 Å². The minimum atomic E-state index is -1.30. The number of nitrogens with one attached hydrogen (secondary N) is 2. The Morgan fingerprint density at radius 3 is 2.50 bits per heavy atom. The van der Waals surface area contributed by atoms with Gasteiger partial charge < -0.3 is 15.4 Å². The summed E-state index contributed by atoms with van der Waals surface area (Å²) in [6, 6.07) is 12.6. The molecule has 0 saturated heterocycles. The molecule has 0 unspecified atom stereocenters. The van der Waals surface area contributed by atoms with E-state index in [1.807, 2.05) is 6.07 Å². The average Bonchev–Trinajstić information content (AvgIpc) is 3.26. The number of benzene rings is 2. The molecule has 0 aliphatic heterocycles. The van der Waals surface area contributed by atoms with Gasteiger partial charge in [-0.2, -0.15) is 4.39 Å². The van der Waals surface area contributed by atoms with E-state index in [-0.39, 0.29) is 11.5 Å². The normalized spacial score (nSPS) is 18.9. The number of hydrogen-bond donors (Lipinski definition) is 3. The Labute approximate surface area is 174 Å². The lowest BCUT2D eigenvalue weighted by atomic mass is 9.78. The van der Waals surface area contributed by atoms with Crippen LogP contribution in [0, 0.1) is 17.6 Å². The molecule has 3 N–H and O–H groups in total. The van der Waals surface area contributed by atoms with Crippen molar-refractivity contribution in [1.29, 1.82) is 0 Å². The van der Waals surface area contributed by atoms with Gasteiger partial charge in [0.15, 0.2) is 17.4 Å². The van der Waals surface area contributed by atoms with Crippen molar-refractivity contribution in [3.05, 3.63) is 77.6 Å². The van der Waals surface area contributed by atoms with Gasteiger partial charge in [-0.25, -0.2) is 4.39 Å². The fourth-order valence-corrected chi connectivity index (χ4v) is 4.28. The van der Waals surface area contributed by atoms with Gasteiger partial charge in [0.2, 0.25) is 0 Å². The van der Waals surface area contributed by atoms with Crippen LogP contribution in [0.4, 0.5) is 8.78 Å². The summed E-state index contributed by atoms with van der Waals surface area (Å²) in [5.74, 6) is -2.52. The van der Waals surface area contributed by atoms with Gasteiger partial charge in [0, 0.05) is 24.5 Å². The summed E-state index contributed by atoms with van der Waals surface area (Å²) in [6.45, 7) is 0.577. The van der Waals surface area contributed by atoms with E-state index in [0.29, 0.717) is 29.5 Å². The number of phenolic OH excluding ortho intramolecular Hbond substituents is 1.